The largest absolute Gasteiger partial charge is 0.381 e. The summed E-state index contributed by atoms with van der Waals surface area (Å²) >= 11 is 0. The Labute approximate surface area is 153 Å². The molecule has 3 aliphatic heterocycles. The van der Waals surface area contributed by atoms with Crippen LogP contribution in [0.5, 0.6) is 0 Å². The first-order valence-corrected chi connectivity index (χ1v) is 9.75. The molecule has 2 aromatic heterocycles. The maximum absolute atomic E-state index is 12.6. The minimum atomic E-state index is 0.141. The molecule has 0 amide bonds. The quantitative estimate of drug-likeness (QED) is 0.834. The molecule has 2 aromatic rings. The van der Waals surface area contributed by atoms with Gasteiger partial charge in [-0.1, -0.05) is 6.07 Å². The Morgan fingerprint density at radius 1 is 1.08 bits per heavy atom. The third-order valence-electron chi connectivity index (χ3n) is 6.30. The van der Waals surface area contributed by atoms with Crippen molar-refractivity contribution in [2.24, 2.45) is 5.92 Å². The third kappa shape index (κ3) is 2.79. The topological polar surface area (TPSA) is 47.4 Å². The summed E-state index contributed by atoms with van der Waals surface area (Å²) in [7, 11) is 0. The van der Waals surface area contributed by atoms with E-state index in [9.17, 15) is 4.79 Å². The van der Waals surface area contributed by atoms with Crippen LogP contribution in [0.15, 0.2) is 41.5 Å². The van der Waals surface area contributed by atoms with Crippen LogP contribution in [0.3, 0.4) is 0 Å². The second-order valence-electron chi connectivity index (χ2n) is 7.92. The van der Waals surface area contributed by atoms with Gasteiger partial charge in [-0.2, -0.15) is 0 Å². The van der Waals surface area contributed by atoms with Crippen LogP contribution in [-0.2, 0) is 11.3 Å². The van der Waals surface area contributed by atoms with Crippen molar-refractivity contribution < 1.29 is 4.74 Å². The highest BCUT2D eigenvalue weighted by Gasteiger charge is 2.38. The molecule has 0 aromatic carbocycles. The van der Waals surface area contributed by atoms with Crippen LogP contribution in [0.2, 0.25) is 0 Å². The zero-order valence-electron chi connectivity index (χ0n) is 15.0. The number of piperidine rings is 1. The van der Waals surface area contributed by atoms with Crippen LogP contribution in [0.4, 0.5) is 0 Å². The molecule has 5 nitrogen and oxygen atoms in total. The van der Waals surface area contributed by atoms with Gasteiger partial charge in [0.1, 0.15) is 0 Å². The van der Waals surface area contributed by atoms with Gasteiger partial charge in [0.05, 0.1) is 0 Å². The van der Waals surface area contributed by atoms with E-state index in [0.29, 0.717) is 17.9 Å². The van der Waals surface area contributed by atoms with Crippen molar-refractivity contribution in [1.82, 2.24) is 14.5 Å². The summed E-state index contributed by atoms with van der Waals surface area (Å²) in [6.07, 6.45) is 7.17. The first-order chi connectivity index (χ1) is 12.8. The molecule has 0 saturated carbocycles. The van der Waals surface area contributed by atoms with E-state index in [1.54, 1.807) is 12.3 Å². The summed E-state index contributed by atoms with van der Waals surface area (Å²) in [4.78, 5) is 19.5. The average molecular weight is 351 g/mol. The van der Waals surface area contributed by atoms with Gasteiger partial charge in [0.25, 0.3) is 5.56 Å². The van der Waals surface area contributed by atoms with Gasteiger partial charge in [0, 0.05) is 80.1 Å². The van der Waals surface area contributed by atoms with Crippen molar-refractivity contribution in [1.29, 1.82) is 0 Å². The van der Waals surface area contributed by atoms with E-state index in [4.69, 9.17) is 4.74 Å². The number of hydrogen-bond donors (Lipinski definition) is 0. The lowest BCUT2D eigenvalue weighted by atomic mass is 9.80. The Bertz CT molecular complexity index is 842. The van der Waals surface area contributed by atoms with Crippen LogP contribution in [0, 0.1) is 5.92 Å². The van der Waals surface area contributed by atoms with Gasteiger partial charge in [0.15, 0.2) is 0 Å². The lowest BCUT2D eigenvalue weighted by molar-refractivity contribution is 0.00597. The molecule has 5 heterocycles. The smallest absolute Gasteiger partial charge is 0.250 e. The minimum absolute atomic E-state index is 0.141. The Balaban J connectivity index is 1.54. The number of nitrogens with zero attached hydrogens (tertiary/aromatic N) is 3. The molecule has 26 heavy (non-hydrogen) atoms. The van der Waals surface area contributed by atoms with E-state index >= 15 is 0 Å². The number of likely N-dealkylation sites (tertiary alicyclic amines) is 1. The van der Waals surface area contributed by atoms with Gasteiger partial charge in [-0.25, -0.2) is 0 Å². The van der Waals surface area contributed by atoms with E-state index in [0.717, 1.165) is 51.3 Å². The van der Waals surface area contributed by atoms with Crippen molar-refractivity contribution in [3.05, 3.63) is 52.7 Å². The highest BCUT2D eigenvalue weighted by atomic mass is 16.5. The lowest BCUT2D eigenvalue weighted by Gasteiger charge is -2.47. The Kier molecular flexibility index (Phi) is 4.14. The van der Waals surface area contributed by atoms with E-state index in [2.05, 4.69) is 16.0 Å². The first-order valence-electron chi connectivity index (χ1n) is 9.75. The van der Waals surface area contributed by atoms with Gasteiger partial charge < -0.3 is 9.30 Å². The zero-order valence-corrected chi connectivity index (χ0v) is 15.0. The van der Waals surface area contributed by atoms with Gasteiger partial charge in [-0.05, 0) is 37.3 Å². The predicted octanol–water partition coefficient (Wildman–Crippen LogP) is 2.51. The maximum atomic E-state index is 12.6. The molecule has 5 heteroatoms. The van der Waals surface area contributed by atoms with E-state index < -0.39 is 0 Å². The van der Waals surface area contributed by atoms with Crippen LogP contribution < -0.4 is 5.56 Å². The van der Waals surface area contributed by atoms with Gasteiger partial charge in [-0.15, -0.1) is 0 Å². The molecule has 3 aliphatic rings. The number of aromatic nitrogens is 2. The maximum Gasteiger partial charge on any atom is 0.250 e. The summed E-state index contributed by atoms with van der Waals surface area (Å²) in [5.41, 5.74) is 3.65. The highest BCUT2D eigenvalue weighted by molar-refractivity contribution is 5.66. The Morgan fingerprint density at radius 3 is 2.77 bits per heavy atom. The molecule has 136 valence electrons. The SMILES string of the molecule is O=c1ccc(-c2cccnc2)c2n1CC1CC2CN(C2CCOCC2)C1. The summed E-state index contributed by atoms with van der Waals surface area (Å²) in [5.74, 6) is 1.00. The normalized spacial score (nSPS) is 26.5. The van der Waals surface area contributed by atoms with Crippen molar-refractivity contribution in [2.45, 2.75) is 37.8 Å². The van der Waals surface area contributed by atoms with Crippen LogP contribution in [0.1, 0.15) is 30.9 Å². The first kappa shape index (κ1) is 16.2. The van der Waals surface area contributed by atoms with Crippen molar-refractivity contribution in [2.75, 3.05) is 26.3 Å². The van der Waals surface area contributed by atoms with Crippen molar-refractivity contribution in [3.63, 3.8) is 0 Å². The molecule has 0 aliphatic carbocycles. The Hall–Kier alpha value is -1.98. The van der Waals surface area contributed by atoms with Gasteiger partial charge >= 0.3 is 0 Å². The highest BCUT2D eigenvalue weighted by Crippen LogP contribution is 2.40. The minimum Gasteiger partial charge on any atom is -0.381 e. The molecule has 2 fully saturated rings. The number of hydrogen-bond acceptors (Lipinski definition) is 4. The van der Waals surface area contributed by atoms with Gasteiger partial charge in [0.2, 0.25) is 0 Å². The molecular weight excluding hydrogens is 326 g/mol. The molecule has 2 bridgehead atoms. The average Bonchev–Trinajstić information content (AvgIpc) is 2.70. The number of fused-ring (bicyclic) bond motifs is 4. The van der Waals surface area contributed by atoms with E-state index in [1.165, 1.54) is 17.7 Å². The fourth-order valence-electron chi connectivity index (χ4n) is 5.17. The van der Waals surface area contributed by atoms with Crippen LogP contribution in [0.25, 0.3) is 11.1 Å². The molecule has 0 N–H and O–H groups in total. The molecule has 2 unspecified atom stereocenters. The monoisotopic (exact) mass is 351 g/mol. The second kappa shape index (κ2) is 6.63. The van der Waals surface area contributed by atoms with Crippen molar-refractivity contribution in [3.8, 4) is 11.1 Å². The molecule has 0 radical (unpaired) electrons. The molecule has 2 saturated heterocycles. The zero-order chi connectivity index (χ0) is 17.5. The standard InChI is InChI=1S/C21H25N3O2/c25-20-4-3-19(16-2-1-7-22-11-16)21-17-10-15(13-24(20)21)12-23(14-17)18-5-8-26-9-6-18/h1-4,7,11,15,17-18H,5-6,8-10,12-14H2. The van der Waals surface area contributed by atoms with Crippen LogP contribution >= 0.6 is 0 Å². The third-order valence-corrected chi connectivity index (χ3v) is 6.30. The van der Waals surface area contributed by atoms with Crippen molar-refractivity contribution >= 4 is 0 Å². The molecule has 5 rings (SSSR count). The molecular formula is C21H25N3O2. The second-order valence-corrected chi connectivity index (χ2v) is 7.92. The lowest BCUT2D eigenvalue weighted by Crippen LogP contribution is -2.51. The summed E-state index contributed by atoms with van der Waals surface area (Å²) in [6, 6.07) is 8.43. The van der Waals surface area contributed by atoms with Crippen LogP contribution in [-0.4, -0.2) is 46.8 Å². The molecule has 0 spiro atoms. The molecule has 2 atom stereocenters. The van der Waals surface area contributed by atoms with E-state index in [-0.39, 0.29) is 5.56 Å². The number of ether oxygens (including phenoxy) is 1. The fraction of sp³-hybridized carbons (Fsp3) is 0.524. The van der Waals surface area contributed by atoms with Gasteiger partial charge in [-0.3, -0.25) is 14.7 Å². The van der Waals surface area contributed by atoms with E-state index in [1.807, 2.05) is 22.9 Å². The summed E-state index contributed by atoms with van der Waals surface area (Å²) < 4.78 is 7.60. The number of pyridine rings is 2. The summed E-state index contributed by atoms with van der Waals surface area (Å²) in [6.45, 7) is 4.78. The summed E-state index contributed by atoms with van der Waals surface area (Å²) in [5, 5.41) is 0. The Morgan fingerprint density at radius 2 is 1.96 bits per heavy atom. The predicted molar refractivity (Wildman–Crippen MR) is 100 cm³/mol. The number of rotatable bonds is 2. The fourth-order valence-corrected chi connectivity index (χ4v) is 5.17.